The van der Waals surface area contributed by atoms with Crippen LogP contribution in [0.3, 0.4) is 0 Å². The largest absolute Gasteiger partial charge is 0.300 e. The summed E-state index contributed by atoms with van der Waals surface area (Å²) in [5, 5.41) is 0. The molecule has 1 aliphatic carbocycles. The average Bonchev–Trinajstić information content (AvgIpc) is 2.01. The van der Waals surface area contributed by atoms with Crippen molar-refractivity contribution >= 4 is 5.78 Å². The Morgan fingerprint density at radius 2 is 2.07 bits per heavy atom. The van der Waals surface area contributed by atoms with Crippen LogP contribution in [0.2, 0.25) is 0 Å². The molecule has 1 aliphatic rings. The van der Waals surface area contributed by atoms with E-state index >= 15 is 0 Å². The molecule has 14 heavy (non-hydrogen) atoms. The number of rotatable bonds is 3. The number of carbonyl (C=O) groups excluding carboxylic acids is 1. The summed E-state index contributed by atoms with van der Waals surface area (Å²) in [6, 6.07) is 0. The second kappa shape index (κ2) is 4.46. The Balaban J connectivity index is 2.56. The first kappa shape index (κ1) is 11.7. The van der Waals surface area contributed by atoms with Crippen LogP contribution in [0.5, 0.6) is 0 Å². The van der Waals surface area contributed by atoms with Crippen molar-refractivity contribution in [2.24, 2.45) is 17.3 Å². The Labute approximate surface area is 88.3 Å². The lowest BCUT2D eigenvalue weighted by Crippen LogP contribution is -2.33. The Hall–Kier alpha value is -0.330. The summed E-state index contributed by atoms with van der Waals surface area (Å²) in [5.74, 6) is 1.90. The highest BCUT2D eigenvalue weighted by atomic mass is 16.1. The van der Waals surface area contributed by atoms with Crippen LogP contribution in [0.4, 0.5) is 0 Å². The smallest absolute Gasteiger partial charge is 0.129 e. The van der Waals surface area contributed by atoms with Crippen molar-refractivity contribution in [2.75, 3.05) is 0 Å². The molecule has 0 radical (unpaired) electrons. The van der Waals surface area contributed by atoms with E-state index in [0.717, 1.165) is 24.7 Å². The molecule has 2 atom stereocenters. The van der Waals surface area contributed by atoms with Gasteiger partial charge in [0.1, 0.15) is 5.78 Å². The van der Waals surface area contributed by atoms with Gasteiger partial charge in [0.2, 0.25) is 0 Å². The minimum Gasteiger partial charge on any atom is -0.300 e. The van der Waals surface area contributed by atoms with Gasteiger partial charge in [-0.3, -0.25) is 0 Å². The van der Waals surface area contributed by atoms with Gasteiger partial charge in [-0.25, -0.2) is 0 Å². The topological polar surface area (TPSA) is 17.1 Å². The van der Waals surface area contributed by atoms with Crippen molar-refractivity contribution in [2.45, 2.75) is 59.8 Å². The fourth-order valence-corrected chi connectivity index (χ4v) is 3.07. The van der Waals surface area contributed by atoms with E-state index in [1.54, 1.807) is 6.92 Å². The first-order valence-electron chi connectivity index (χ1n) is 5.93. The summed E-state index contributed by atoms with van der Waals surface area (Å²) in [5.41, 5.74) is 0.452. The van der Waals surface area contributed by atoms with Crippen molar-refractivity contribution < 1.29 is 4.79 Å². The standard InChI is InChI=1S/C13H24O/c1-10-6-5-9-13(3,4)12(10)8-7-11(2)14/h10,12H,5-9H2,1-4H3/t10-,12+/m0/s1. The fraction of sp³-hybridized carbons (Fsp3) is 0.923. The van der Waals surface area contributed by atoms with Crippen LogP contribution in [0, 0.1) is 17.3 Å². The van der Waals surface area contributed by atoms with Crippen molar-refractivity contribution in [1.82, 2.24) is 0 Å². The normalized spacial score (nSPS) is 31.4. The minimum atomic E-state index is 0.346. The summed E-state index contributed by atoms with van der Waals surface area (Å²) in [6.45, 7) is 8.80. The van der Waals surface area contributed by atoms with Crippen LogP contribution in [0.25, 0.3) is 0 Å². The van der Waals surface area contributed by atoms with E-state index in [2.05, 4.69) is 20.8 Å². The Morgan fingerprint density at radius 3 is 2.57 bits per heavy atom. The molecule has 0 N–H and O–H groups in total. The van der Waals surface area contributed by atoms with Crippen LogP contribution in [0.1, 0.15) is 59.8 Å². The predicted octanol–water partition coefficient (Wildman–Crippen LogP) is 3.82. The van der Waals surface area contributed by atoms with Gasteiger partial charge in [-0.15, -0.1) is 0 Å². The molecule has 0 aromatic carbocycles. The van der Waals surface area contributed by atoms with Gasteiger partial charge in [-0.1, -0.05) is 33.6 Å². The molecule has 0 aliphatic heterocycles. The second-order valence-corrected chi connectivity index (χ2v) is 5.71. The number of Topliss-reactive ketones (excluding diaryl/α,β-unsaturated/α-hetero) is 1. The van der Waals surface area contributed by atoms with E-state index in [1.165, 1.54) is 19.3 Å². The Kier molecular flexibility index (Phi) is 3.74. The molecule has 82 valence electrons. The summed E-state index contributed by atoms with van der Waals surface area (Å²) >= 11 is 0. The summed E-state index contributed by atoms with van der Waals surface area (Å²) in [6.07, 6.45) is 5.93. The number of carbonyl (C=O) groups is 1. The van der Waals surface area contributed by atoms with Crippen LogP contribution < -0.4 is 0 Å². The molecule has 0 bridgehead atoms. The Bertz CT molecular complexity index is 205. The molecular weight excluding hydrogens is 172 g/mol. The molecule has 1 fully saturated rings. The fourth-order valence-electron chi connectivity index (χ4n) is 3.07. The highest BCUT2D eigenvalue weighted by Crippen LogP contribution is 2.45. The monoisotopic (exact) mass is 196 g/mol. The van der Waals surface area contributed by atoms with E-state index in [4.69, 9.17) is 0 Å². The average molecular weight is 196 g/mol. The molecule has 1 rings (SSSR count). The van der Waals surface area contributed by atoms with E-state index < -0.39 is 0 Å². The summed E-state index contributed by atoms with van der Waals surface area (Å²) < 4.78 is 0. The molecule has 0 saturated heterocycles. The molecule has 0 aromatic heterocycles. The van der Waals surface area contributed by atoms with Gasteiger partial charge in [-0.05, 0) is 37.0 Å². The minimum absolute atomic E-state index is 0.346. The van der Waals surface area contributed by atoms with Crippen LogP contribution in [0.15, 0.2) is 0 Å². The lowest BCUT2D eigenvalue weighted by molar-refractivity contribution is -0.117. The zero-order chi connectivity index (χ0) is 10.8. The van der Waals surface area contributed by atoms with Gasteiger partial charge < -0.3 is 4.79 Å². The van der Waals surface area contributed by atoms with Crippen LogP contribution in [-0.4, -0.2) is 5.78 Å². The third-order valence-electron chi connectivity index (χ3n) is 3.98. The predicted molar refractivity (Wildman–Crippen MR) is 60.2 cm³/mol. The number of hydrogen-bond donors (Lipinski definition) is 0. The van der Waals surface area contributed by atoms with Gasteiger partial charge in [0.05, 0.1) is 0 Å². The highest BCUT2D eigenvalue weighted by Gasteiger charge is 2.36. The molecule has 1 saturated carbocycles. The number of hydrogen-bond acceptors (Lipinski definition) is 1. The summed E-state index contributed by atoms with van der Waals surface area (Å²) in [7, 11) is 0. The van der Waals surface area contributed by atoms with E-state index in [-0.39, 0.29) is 0 Å². The van der Waals surface area contributed by atoms with Gasteiger partial charge in [0.25, 0.3) is 0 Å². The maximum atomic E-state index is 11.0. The number of ketones is 1. The molecule has 0 aromatic rings. The molecule has 0 spiro atoms. The van der Waals surface area contributed by atoms with E-state index in [1.807, 2.05) is 0 Å². The quantitative estimate of drug-likeness (QED) is 0.670. The molecular formula is C13H24O. The molecule has 1 heteroatoms. The van der Waals surface area contributed by atoms with Gasteiger partial charge in [0.15, 0.2) is 0 Å². The maximum absolute atomic E-state index is 11.0. The summed E-state index contributed by atoms with van der Waals surface area (Å²) in [4.78, 5) is 11.0. The van der Waals surface area contributed by atoms with Crippen molar-refractivity contribution in [3.63, 3.8) is 0 Å². The van der Waals surface area contributed by atoms with Crippen molar-refractivity contribution in [3.05, 3.63) is 0 Å². The van der Waals surface area contributed by atoms with E-state index in [0.29, 0.717) is 11.2 Å². The van der Waals surface area contributed by atoms with Crippen molar-refractivity contribution in [3.8, 4) is 0 Å². The molecule has 0 unspecified atom stereocenters. The Morgan fingerprint density at radius 1 is 1.43 bits per heavy atom. The van der Waals surface area contributed by atoms with Crippen molar-refractivity contribution in [1.29, 1.82) is 0 Å². The van der Waals surface area contributed by atoms with Gasteiger partial charge in [0, 0.05) is 6.42 Å². The first-order valence-corrected chi connectivity index (χ1v) is 5.93. The van der Waals surface area contributed by atoms with E-state index in [9.17, 15) is 4.79 Å². The molecule has 0 amide bonds. The van der Waals surface area contributed by atoms with Gasteiger partial charge in [-0.2, -0.15) is 0 Å². The van der Waals surface area contributed by atoms with Gasteiger partial charge >= 0.3 is 0 Å². The second-order valence-electron chi connectivity index (χ2n) is 5.71. The zero-order valence-electron chi connectivity index (χ0n) is 10.1. The molecule has 0 heterocycles. The first-order chi connectivity index (χ1) is 6.43. The lowest BCUT2D eigenvalue weighted by atomic mass is 9.62. The highest BCUT2D eigenvalue weighted by molar-refractivity contribution is 5.75. The maximum Gasteiger partial charge on any atom is 0.129 e. The SMILES string of the molecule is CC(=O)CC[C@@H]1[C@@H](C)CCCC1(C)C. The third-order valence-corrected chi connectivity index (χ3v) is 3.98. The lowest BCUT2D eigenvalue weighted by Gasteiger charge is -2.43. The van der Waals surface area contributed by atoms with Crippen LogP contribution in [-0.2, 0) is 4.79 Å². The third kappa shape index (κ3) is 2.83. The zero-order valence-corrected chi connectivity index (χ0v) is 10.1. The molecule has 1 nitrogen and oxygen atoms in total. The van der Waals surface area contributed by atoms with Crippen LogP contribution >= 0.6 is 0 Å².